The van der Waals surface area contributed by atoms with Gasteiger partial charge in [-0.05, 0) is 83.6 Å². The maximum absolute atomic E-state index is 5.85. The van der Waals surface area contributed by atoms with E-state index in [4.69, 9.17) is 4.74 Å². The lowest BCUT2D eigenvalue weighted by molar-refractivity contribution is 0.482. The molecular weight excluding hydrogens is 349 g/mol. The smallest absolute Gasteiger partial charge is 0.127 e. The third-order valence-corrected chi connectivity index (χ3v) is 3.65. The number of ether oxygens (including phenoxy) is 1. The second-order valence-electron chi connectivity index (χ2n) is 4.42. The summed E-state index contributed by atoms with van der Waals surface area (Å²) in [5, 5.41) is 3.34. The van der Waals surface area contributed by atoms with Crippen LogP contribution in [0.5, 0.6) is 11.5 Å². The largest absolute Gasteiger partial charge is 0.457 e. The minimum absolute atomic E-state index is 0.874. The molecule has 1 N–H and O–H groups in total. The Hall–Kier alpha value is -1.07. The van der Waals surface area contributed by atoms with Crippen molar-refractivity contribution in [2.75, 3.05) is 6.54 Å². The summed E-state index contributed by atoms with van der Waals surface area (Å²) in [7, 11) is 0. The molecule has 0 fully saturated rings. The van der Waals surface area contributed by atoms with E-state index >= 15 is 0 Å². The highest BCUT2D eigenvalue weighted by Crippen LogP contribution is 2.24. The van der Waals surface area contributed by atoms with Gasteiger partial charge in [0.15, 0.2) is 0 Å². The standard InChI is InChI=1S/C16H18INO/c1-3-18-11-13-4-7-16(10-12(13)2)19-15-8-5-14(17)6-9-15/h4-10,18H,3,11H2,1-2H3. The van der Waals surface area contributed by atoms with Gasteiger partial charge in [-0.25, -0.2) is 0 Å². The highest BCUT2D eigenvalue weighted by molar-refractivity contribution is 14.1. The van der Waals surface area contributed by atoms with E-state index in [9.17, 15) is 0 Å². The first-order chi connectivity index (χ1) is 9.19. The SMILES string of the molecule is CCNCc1ccc(Oc2ccc(I)cc2)cc1C. The first-order valence-electron chi connectivity index (χ1n) is 6.42. The van der Waals surface area contributed by atoms with E-state index < -0.39 is 0 Å². The van der Waals surface area contributed by atoms with Gasteiger partial charge in [-0.3, -0.25) is 0 Å². The van der Waals surface area contributed by atoms with E-state index in [1.807, 2.05) is 30.3 Å². The van der Waals surface area contributed by atoms with E-state index in [1.165, 1.54) is 14.7 Å². The van der Waals surface area contributed by atoms with Crippen molar-refractivity contribution < 1.29 is 4.74 Å². The number of hydrogen-bond acceptors (Lipinski definition) is 2. The van der Waals surface area contributed by atoms with Gasteiger partial charge < -0.3 is 10.1 Å². The number of halogens is 1. The molecule has 0 atom stereocenters. The van der Waals surface area contributed by atoms with E-state index in [-0.39, 0.29) is 0 Å². The Morgan fingerprint density at radius 3 is 2.37 bits per heavy atom. The number of hydrogen-bond donors (Lipinski definition) is 1. The fourth-order valence-electron chi connectivity index (χ4n) is 1.83. The van der Waals surface area contributed by atoms with Crippen LogP contribution >= 0.6 is 22.6 Å². The normalized spacial score (nSPS) is 10.5. The third kappa shape index (κ3) is 4.21. The molecule has 0 aliphatic rings. The average Bonchev–Trinajstić information content (AvgIpc) is 2.41. The molecule has 0 saturated carbocycles. The van der Waals surface area contributed by atoms with Crippen molar-refractivity contribution in [3.8, 4) is 11.5 Å². The Morgan fingerprint density at radius 1 is 1.05 bits per heavy atom. The Bertz CT molecular complexity index is 537. The summed E-state index contributed by atoms with van der Waals surface area (Å²) in [5.74, 6) is 1.76. The molecule has 3 heteroatoms. The molecule has 2 aromatic carbocycles. The Labute approximate surface area is 128 Å². The Morgan fingerprint density at radius 2 is 1.74 bits per heavy atom. The lowest BCUT2D eigenvalue weighted by Crippen LogP contribution is -2.12. The van der Waals surface area contributed by atoms with Crippen LogP contribution in [0.15, 0.2) is 42.5 Å². The average molecular weight is 367 g/mol. The van der Waals surface area contributed by atoms with Crippen molar-refractivity contribution in [1.29, 1.82) is 0 Å². The van der Waals surface area contributed by atoms with Gasteiger partial charge in [-0.15, -0.1) is 0 Å². The fraction of sp³-hybridized carbons (Fsp3) is 0.250. The zero-order chi connectivity index (χ0) is 13.7. The van der Waals surface area contributed by atoms with Crippen molar-refractivity contribution in [3.63, 3.8) is 0 Å². The molecule has 0 aliphatic carbocycles. The molecule has 19 heavy (non-hydrogen) atoms. The van der Waals surface area contributed by atoms with Gasteiger partial charge in [0.25, 0.3) is 0 Å². The topological polar surface area (TPSA) is 21.3 Å². The third-order valence-electron chi connectivity index (χ3n) is 2.93. The van der Waals surface area contributed by atoms with Crippen LogP contribution in [-0.2, 0) is 6.54 Å². The predicted molar refractivity (Wildman–Crippen MR) is 87.8 cm³/mol. The van der Waals surface area contributed by atoms with Gasteiger partial charge in [0.1, 0.15) is 11.5 Å². The summed E-state index contributed by atoms with van der Waals surface area (Å²) in [5.41, 5.74) is 2.57. The molecule has 2 aromatic rings. The Kier molecular flexibility index (Phi) is 5.22. The highest BCUT2D eigenvalue weighted by Gasteiger charge is 2.02. The molecule has 0 aromatic heterocycles. The van der Waals surface area contributed by atoms with Crippen LogP contribution in [0.25, 0.3) is 0 Å². The zero-order valence-corrected chi connectivity index (χ0v) is 13.4. The van der Waals surface area contributed by atoms with Crippen LogP contribution in [0.4, 0.5) is 0 Å². The summed E-state index contributed by atoms with van der Waals surface area (Å²) >= 11 is 2.29. The fourth-order valence-corrected chi connectivity index (χ4v) is 2.19. The first kappa shape index (κ1) is 14.3. The lowest BCUT2D eigenvalue weighted by atomic mass is 10.1. The minimum Gasteiger partial charge on any atom is -0.457 e. The minimum atomic E-state index is 0.874. The van der Waals surface area contributed by atoms with Gasteiger partial charge in [0.05, 0.1) is 0 Å². The van der Waals surface area contributed by atoms with Gasteiger partial charge in [0, 0.05) is 10.1 Å². The number of aryl methyl sites for hydroxylation is 1. The van der Waals surface area contributed by atoms with E-state index in [0.29, 0.717) is 0 Å². The second kappa shape index (κ2) is 6.91. The van der Waals surface area contributed by atoms with Crippen LogP contribution in [0.1, 0.15) is 18.1 Å². The molecule has 100 valence electrons. The van der Waals surface area contributed by atoms with Crippen LogP contribution in [0.3, 0.4) is 0 Å². The number of nitrogens with one attached hydrogen (secondary N) is 1. The molecule has 0 aliphatic heterocycles. The van der Waals surface area contributed by atoms with Gasteiger partial charge in [0.2, 0.25) is 0 Å². The van der Waals surface area contributed by atoms with Crippen LogP contribution in [-0.4, -0.2) is 6.54 Å². The number of rotatable bonds is 5. The van der Waals surface area contributed by atoms with Crippen molar-refractivity contribution >= 4 is 22.6 Å². The molecule has 0 amide bonds. The van der Waals surface area contributed by atoms with Crippen molar-refractivity contribution in [2.24, 2.45) is 0 Å². The van der Waals surface area contributed by atoms with Crippen LogP contribution < -0.4 is 10.1 Å². The molecule has 0 saturated heterocycles. The van der Waals surface area contributed by atoms with Gasteiger partial charge >= 0.3 is 0 Å². The van der Waals surface area contributed by atoms with Crippen molar-refractivity contribution in [1.82, 2.24) is 5.32 Å². The molecule has 2 nitrogen and oxygen atoms in total. The maximum Gasteiger partial charge on any atom is 0.127 e. The Balaban J connectivity index is 2.09. The summed E-state index contributed by atoms with van der Waals surface area (Å²) in [4.78, 5) is 0. The summed E-state index contributed by atoms with van der Waals surface area (Å²) in [6.07, 6.45) is 0. The van der Waals surface area contributed by atoms with Crippen molar-refractivity contribution in [3.05, 3.63) is 57.2 Å². The maximum atomic E-state index is 5.85. The van der Waals surface area contributed by atoms with E-state index in [2.05, 4.69) is 53.9 Å². The highest BCUT2D eigenvalue weighted by atomic mass is 127. The van der Waals surface area contributed by atoms with Crippen molar-refractivity contribution in [2.45, 2.75) is 20.4 Å². The second-order valence-corrected chi connectivity index (χ2v) is 5.67. The lowest BCUT2D eigenvalue weighted by Gasteiger charge is -2.10. The molecular formula is C16H18INO. The molecule has 0 heterocycles. The van der Waals surface area contributed by atoms with E-state index in [1.54, 1.807) is 0 Å². The first-order valence-corrected chi connectivity index (χ1v) is 7.50. The van der Waals surface area contributed by atoms with E-state index in [0.717, 1.165) is 24.6 Å². The summed E-state index contributed by atoms with van der Waals surface area (Å²) in [6, 6.07) is 14.3. The molecule has 0 radical (unpaired) electrons. The molecule has 0 spiro atoms. The predicted octanol–water partition coefficient (Wildman–Crippen LogP) is 4.50. The zero-order valence-electron chi connectivity index (χ0n) is 11.2. The van der Waals surface area contributed by atoms with Crippen LogP contribution in [0, 0.1) is 10.5 Å². The monoisotopic (exact) mass is 367 g/mol. The quantitative estimate of drug-likeness (QED) is 0.786. The molecule has 2 rings (SSSR count). The van der Waals surface area contributed by atoms with Crippen LogP contribution in [0.2, 0.25) is 0 Å². The van der Waals surface area contributed by atoms with Gasteiger partial charge in [-0.2, -0.15) is 0 Å². The summed E-state index contributed by atoms with van der Waals surface area (Å²) in [6.45, 7) is 6.13. The van der Waals surface area contributed by atoms with Gasteiger partial charge in [-0.1, -0.05) is 13.0 Å². The summed E-state index contributed by atoms with van der Waals surface area (Å²) < 4.78 is 7.06. The molecule has 0 unspecified atom stereocenters. The number of benzene rings is 2. The molecule has 0 bridgehead atoms.